The summed E-state index contributed by atoms with van der Waals surface area (Å²) in [6.07, 6.45) is 5.30. The molecule has 0 saturated carbocycles. The van der Waals surface area contributed by atoms with Gasteiger partial charge in [-0.05, 0) is 37.3 Å². The van der Waals surface area contributed by atoms with E-state index in [1.807, 2.05) is 6.07 Å². The summed E-state index contributed by atoms with van der Waals surface area (Å²) in [5.74, 6) is 1.68. The quantitative estimate of drug-likeness (QED) is 0.913. The minimum absolute atomic E-state index is 0.00352. The molecule has 23 heavy (non-hydrogen) atoms. The Bertz CT molecular complexity index is 498. The van der Waals surface area contributed by atoms with Crippen molar-refractivity contribution in [2.24, 2.45) is 11.3 Å². The number of aliphatic hydroxyl groups is 1. The fourth-order valence-electron chi connectivity index (χ4n) is 4.71. The lowest BCUT2D eigenvalue weighted by Gasteiger charge is -2.38. The number of fused-ring (bicyclic) bond motifs is 1. The number of likely N-dealkylation sites (tertiary alicyclic amines) is 2. The molecule has 0 unspecified atom stereocenters. The maximum absolute atomic E-state index is 9.93. The lowest BCUT2D eigenvalue weighted by molar-refractivity contribution is -0.0568. The highest BCUT2D eigenvalue weighted by atomic mass is 16.5. The van der Waals surface area contributed by atoms with Crippen molar-refractivity contribution in [3.05, 3.63) is 24.2 Å². The molecule has 0 amide bonds. The van der Waals surface area contributed by atoms with E-state index in [-0.39, 0.29) is 12.0 Å². The second-order valence-corrected chi connectivity index (χ2v) is 7.57. The van der Waals surface area contributed by atoms with Crippen LogP contribution in [-0.4, -0.2) is 66.9 Å². The van der Waals surface area contributed by atoms with E-state index in [0.29, 0.717) is 12.0 Å². The van der Waals surface area contributed by atoms with Crippen molar-refractivity contribution in [1.82, 2.24) is 9.80 Å². The predicted molar refractivity (Wildman–Crippen MR) is 87.0 cm³/mol. The Morgan fingerprint density at radius 3 is 2.83 bits per heavy atom. The number of nitrogens with zero attached hydrogens (tertiary/aromatic N) is 2. The second-order valence-electron chi connectivity index (χ2n) is 7.57. The monoisotopic (exact) mass is 320 g/mol. The predicted octanol–water partition coefficient (Wildman–Crippen LogP) is 1.57. The topological polar surface area (TPSA) is 49.1 Å². The molecule has 2 atom stereocenters. The summed E-state index contributed by atoms with van der Waals surface area (Å²) in [6.45, 7) is 7.22. The molecular weight excluding hydrogens is 292 g/mol. The van der Waals surface area contributed by atoms with E-state index in [4.69, 9.17) is 9.15 Å². The average molecular weight is 320 g/mol. The average Bonchev–Trinajstić information content (AvgIpc) is 3.23. The molecule has 0 radical (unpaired) electrons. The van der Waals surface area contributed by atoms with Crippen LogP contribution in [0.1, 0.15) is 25.0 Å². The number of piperidine rings is 1. The number of hydrogen-bond acceptors (Lipinski definition) is 5. The molecule has 1 N–H and O–H groups in total. The van der Waals surface area contributed by atoms with E-state index in [1.54, 1.807) is 6.26 Å². The summed E-state index contributed by atoms with van der Waals surface area (Å²) in [4.78, 5) is 5.13. The molecule has 0 aliphatic carbocycles. The zero-order valence-electron chi connectivity index (χ0n) is 13.8. The summed E-state index contributed by atoms with van der Waals surface area (Å²) >= 11 is 0. The molecule has 128 valence electrons. The lowest BCUT2D eigenvalue weighted by Crippen LogP contribution is -2.46. The molecule has 0 aromatic carbocycles. The number of aliphatic hydroxyl groups excluding tert-OH is 1. The van der Waals surface area contributed by atoms with E-state index in [0.717, 1.165) is 58.1 Å². The van der Waals surface area contributed by atoms with Crippen molar-refractivity contribution >= 4 is 0 Å². The molecule has 0 bridgehead atoms. The number of hydrogen-bond donors (Lipinski definition) is 1. The first-order chi connectivity index (χ1) is 11.3. The van der Waals surface area contributed by atoms with Crippen molar-refractivity contribution in [2.45, 2.75) is 31.8 Å². The van der Waals surface area contributed by atoms with E-state index in [9.17, 15) is 5.11 Å². The highest BCUT2D eigenvalue weighted by Gasteiger charge is 2.49. The van der Waals surface area contributed by atoms with Crippen LogP contribution in [0.4, 0.5) is 0 Å². The van der Waals surface area contributed by atoms with Crippen LogP contribution in [0, 0.1) is 11.3 Å². The van der Waals surface area contributed by atoms with Gasteiger partial charge in [0.25, 0.3) is 0 Å². The minimum atomic E-state index is 0.00352. The van der Waals surface area contributed by atoms with Crippen molar-refractivity contribution in [3.63, 3.8) is 0 Å². The zero-order chi connectivity index (χ0) is 15.7. The van der Waals surface area contributed by atoms with E-state index >= 15 is 0 Å². The maximum atomic E-state index is 9.93. The summed E-state index contributed by atoms with van der Waals surface area (Å²) in [7, 11) is 0. The Hall–Kier alpha value is -0.880. The zero-order valence-corrected chi connectivity index (χ0v) is 13.8. The summed E-state index contributed by atoms with van der Waals surface area (Å²) in [6, 6.07) is 4.68. The van der Waals surface area contributed by atoms with Crippen LogP contribution in [0.3, 0.4) is 0 Å². The molecular formula is C18H28N2O3. The number of rotatable bonds is 4. The third kappa shape index (κ3) is 3.07. The van der Waals surface area contributed by atoms with Crippen LogP contribution in [0.2, 0.25) is 0 Å². The molecule has 0 spiro atoms. The molecule has 3 fully saturated rings. The lowest BCUT2D eigenvalue weighted by atomic mass is 9.76. The Labute approximate surface area is 138 Å². The SMILES string of the molecule is OC[C@]12COCC[C@H]1CN(C1CCN(Cc3ccco3)CC1)C2. The van der Waals surface area contributed by atoms with Gasteiger partial charge >= 0.3 is 0 Å². The molecule has 5 nitrogen and oxygen atoms in total. The van der Waals surface area contributed by atoms with Crippen LogP contribution < -0.4 is 0 Å². The van der Waals surface area contributed by atoms with Gasteiger partial charge < -0.3 is 14.3 Å². The summed E-state index contributed by atoms with van der Waals surface area (Å²) in [5.41, 5.74) is 0.00352. The molecule has 1 aromatic heterocycles. The van der Waals surface area contributed by atoms with Crippen molar-refractivity contribution in [1.29, 1.82) is 0 Å². The first-order valence-corrected chi connectivity index (χ1v) is 8.96. The second kappa shape index (κ2) is 6.55. The van der Waals surface area contributed by atoms with Gasteiger partial charge in [-0.1, -0.05) is 0 Å². The maximum Gasteiger partial charge on any atom is 0.117 e. The first-order valence-electron chi connectivity index (χ1n) is 8.96. The van der Waals surface area contributed by atoms with E-state index in [2.05, 4.69) is 15.9 Å². The van der Waals surface area contributed by atoms with Crippen molar-refractivity contribution in [2.75, 3.05) is 46.0 Å². The molecule has 5 heteroatoms. The van der Waals surface area contributed by atoms with E-state index in [1.165, 1.54) is 12.8 Å². The number of furan rings is 1. The van der Waals surface area contributed by atoms with Gasteiger partial charge in [-0.25, -0.2) is 0 Å². The first kappa shape index (κ1) is 15.6. The fraction of sp³-hybridized carbons (Fsp3) is 0.778. The fourth-order valence-corrected chi connectivity index (χ4v) is 4.71. The molecule has 3 aliphatic heterocycles. The Morgan fingerprint density at radius 2 is 2.13 bits per heavy atom. The van der Waals surface area contributed by atoms with Crippen LogP contribution >= 0.6 is 0 Å². The van der Waals surface area contributed by atoms with Crippen LogP contribution in [0.5, 0.6) is 0 Å². The van der Waals surface area contributed by atoms with Crippen LogP contribution in [0.15, 0.2) is 22.8 Å². The Morgan fingerprint density at radius 1 is 1.26 bits per heavy atom. The normalized spacial score (nSPS) is 33.9. The molecule has 4 rings (SSSR count). The molecule has 4 heterocycles. The van der Waals surface area contributed by atoms with Gasteiger partial charge in [0.15, 0.2) is 0 Å². The third-order valence-corrected chi connectivity index (χ3v) is 6.19. The largest absolute Gasteiger partial charge is 0.468 e. The Balaban J connectivity index is 1.32. The molecule has 3 aliphatic rings. The Kier molecular flexibility index (Phi) is 4.46. The molecule has 1 aromatic rings. The summed E-state index contributed by atoms with van der Waals surface area (Å²) < 4.78 is 11.1. The van der Waals surface area contributed by atoms with Crippen molar-refractivity contribution < 1.29 is 14.3 Å². The van der Waals surface area contributed by atoms with Crippen LogP contribution in [-0.2, 0) is 11.3 Å². The van der Waals surface area contributed by atoms with Gasteiger partial charge in [0, 0.05) is 44.2 Å². The van der Waals surface area contributed by atoms with Gasteiger partial charge in [0.1, 0.15) is 5.76 Å². The van der Waals surface area contributed by atoms with Gasteiger partial charge in [0.05, 0.1) is 26.0 Å². The van der Waals surface area contributed by atoms with Crippen molar-refractivity contribution in [3.8, 4) is 0 Å². The highest BCUT2D eigenvalue weighted by molar-refractivity contribution is 5.01. The number of ether oxygens (including phenoxy) is 1. The molecule has 3 saturated heterocycles. The standard InChI is InChI=1S/C18H28N2O3/c21-13-18-12-20(10-15(18)5-9-22-14-18)16-3-6-19(7-4-16)11-17-2-1-8-23-17/h1-2,8,15-16,21H,3-7,9-14H2/t15-,18+/m0/s1. The van der Waals surface area contributed by atoms with Gasteiger partial charge in [-0.15, -0.1) is 0 Å². The smallest absolute Gasteiger partial charge is 0.117 e. The van der Waals surface area contributed by atoms with Crippen LogP contribution in [0.25, 0.3) is 0 Å². The highest BCUT2D eigenvalue weighted by Crippen LogP contribution is 2.42. The third-order valence-electron chi connectivity index (χ3n) is 6.19. The summed E-state index contributed by atoms with van der Waals surface area (Å²) in [5, 5.41) is 9.93. The van der Waals surface area contributed by atoms with Gasteiger partial charge in [-0.2, -0.15) is 0 Å². The van der Waals surface area contributed by atoms with Gasteiger partial charge in [-0.3, -0.25) is 9.80 Å². The van der Waals surface area contributed by atoms with Gasteiger partial charge in [0.2, 0.25) is 0 Å². The van der Waals surface area contributed by atoms with E-state index < -0.39 is 0 Å². The minimum Gasteiger partial charge on any atom is -0.468 e.